The topological polar surface area (TPSA) is 76.7 Å². The third-order valence-corrected chi connectivity index (χ3v) is 2.55. The summed E-state index contributed by atoms with van der Waals surface area (Å²) in [6.07, 6.45) is 0. The summed E-state index contributed by atoms with van der Waals surface area (Å²) in [5, 5.41) is 14.6. The van der Waals surface area contributed by atoms with Crippen molar-refractivity contribution in [2.24, 2.45) is 5.84 Å². The largest absolute Gasteiger partial charge is 0.306 e. The average molecular weight is 211 g/mol. The van der Waals surface area contributed by atoms with Crippen molar-refractivity contribution in [1.82, 2.24) is 15.4 Å². The molecule has 5 heteroatoms. The number of hydrogen-bond acceptors (Lipinski definition) is 5. The van der Waals surface area contributed by atoms with Gasteiger partial charge in [0.2, 0.25) is 0 Å². The Morgan fingerprint density at radius 1 is 1.00 bits per heavy atom. The van der Waals surface area contributed by atoms with Gasteiger partial charge in [-0.05, 0) is 28.1 Å². The molecule has 0 unspecified atom stereocenters. The van der Waals surface area contributed by atoms with Crippen molar-refractivity contribution in [3.63, 3.8) is 0 Å². The fraction of sp³-hybridized carbons (Fsp3) is 0. The summed E-state index contributed by atoms with van der Waals surface area (Å²) >= 11 is 0. The second-order valence-corrected chi connectivity index (χ2v) is 3.50. The van der Waals surface area contributed by atoms with E-state index in [1.807, 2.05) is 36.4 Å². The number of hydrogen-bond donors (Lipinski definition) is 2. The van der Waals surface area contributed by atoms with Crippen LogP contribution in [0.1, 0.15) is 0 Å². The maximum Gasteiger partial charge on any atom is 0.173 e. The molecule has 0 aliphatic rings. The molecule has 2 aromatic carbocycles. The molecular formula is C11H9N5. The molecule has 0 fully saturated rings. The second-order valence-electron chi connectivity index (χ2n) is 3.50. The Hall–Kier alpha value is -2.27. The molecule has 0 amide bonds. The van der Waals surface area contributed by atoms with Crippen LogP contribution in [0, 0.1) is 0 Å². The van der Waals surface area contributed by atoms with Crippen LogP contribution >= 0.6 is 0 Å². The monoisotopic (exact) mass is 211 g/mol. The molecular weight excluding hydrogens is 202 g/mol. The van der Waals surface area contributed by atoms with E-state index in [0.717, 1.165) is 21.7 Å². The molecule has 3 aromatic rings. The Morgan fingerprint density at radius 2 is 1.75 bits per heavy atom. The number of benzene rings is 2. The van der Waals surface area contributed by atoms with Crippen molar-refractivity contribution >= 4 is 27.5 Å². The molecule has 1 heterocycles. The fourth-order valence-electron chi connectivity index (χ4n) is 1.78. The van der Waals surface area contributed by atoms with E-state index in [0.29, 0.717) is 5.82 Å². The lowest BCUT2D eigenvalue weighted by molar-refractivity contribution is 0.895. The number of nitrogens with two attached hydrogens (primary N) is 1. The van der Waals surface area contributed by atoms with E-state index < -0.39 is 0 Å². The first-order chi connectivity index (χ1) is 7.88. The Kier molecular flexibility index (Phi) is 1.91. The number of hydrazine groups is 1. The first-order valence-electron chi connectivity index (χ1n) is 4.87. The smallest absolute Gasteiger partial charge is 0.173 e. The maximum absolute atomic E-state index is 5.38. The summed E-state index contributed by atoms with van der Waals surface area (Å²) in [6, 6.07) is 12.0. The summed E-state index contributed by atoms with van der Waals surface area (Å²) in [4.78, 5) is 0. The van der Waals surface area contributed by atoms with Crippen LogP contribution < -0.4 is 11.3 Å². The van der Waals surface area contributed by atoms with Crippen LogP contribution in [0.2, 0.25) is 0 Å². The van der Waals surface area contributed by atoms with Crippen LogP contribution in [0.15, 0.2) is 36.4 Å². The minimum atomic E-state index is 0.538. The van der Waals surface area contributed by atoms with Crippen LogP contribution in [-0.2, 0) is 0 Å². The predicted molar refractivity (Wildman–Crippen MR) is 62.6 cm³/mol. The Balaban J connectivity index is 2.46. The molecule has 5 nitrogen and oxygen atoms in total. The minimum absolute atomic E-state index is 0.538. The minimum Gasteiger partial charge on any atom is -0.306 e. The molecule has 0 saturated heterocycles. The second kappa shape index (κ2) is 3.39. The van der Waals surface area contributed by atoms with Crippen LogP contribution in [0.3, 0.4) is 0 Å². The summed E-state index contributed by atoms with van der Waals surface area (Å²) in [6.45, 7) is 0. The predicted octanol–water partition coefficient (Wildman–Crippen LogP) is 1.46. The highest BCUT2D eigenvalue weighted by Gasteiger charge is 2.04. The molecule has 0 bridgehead atoms. The van der Waals surface area contributed by atoms with Crippen LogP contribution in [0.25, 0.3) is 21.7 Å². The molecule has 16 heavy (non-hydrogen) atoms. The average Bonchev–Trinajstić information content (AvgIpc) is 2.35. The van der Waals surface area contributed by atoms with Crippen molar-refractivity contribution in [2.75, 3.05) is 5.43 Å². The van der Waals surface area contributed by atoms with Crippen molar-refractivity contribution < 1.29 is 0 Å². The van der Waals surface area contributed by atoms with Crippen LogP contribution in [-0.4, -0.2) is 15.4 Å². The van der Waals surface area contributed by atoms with E-state index in [1.54, 1.807) is 0 Å². The third-order valence-electron chi connectivity index (χ3n) is 2.55. The number of nitrogens with zero attached hydrogens (tertiary/aromatic N) is 3. The van der Waals surface area contributed by atoms with Gasteiger partial charge in [0.25, 0.3) is 0 Å². The number of fused-ring (bicyclic) bond motifs is 2. The zero-order valence-corrected chi connectivity index (χ0v) is 8.38. The van der Waals surface area contributed by atoms with E-state index in [9.17, 15) is 0 Å². The van der Waals surface area contributed by atoms with Crippen molar-refractivity contribution in [3.8, 4) is 0 Å². The van der Waals surface area contributed by atoms with Gasteiger partial charge in [-0.15, -0.1) is 10.2 Å². The molecule has 0 atom stereocenters. The van der Waals surface area contributed by atoms with Gasteiger partial charge >= 0.3 is 0 Å². The quantitative estimate of drug-likeness (QED) is 0.362. The van der Waals surface area contributed by atoms with Gasteiger partial charge in [0, 0.05) is 5.39 Å². The molecule has 0 aliphatic carbocycles. The molecule has 3 rings (SSSR count). The number of aromatic nitrogens is 3. The van der Waals surface area contributed by atoms with E-state index in [2.05, 4.69) is 20.8 Å². The number of nitrogens with one attached hydrogen (secondary N) is 1. The third kappa shape index (κ3) is 1.26. The summed E-state index contributed by atoms with van der Waals surface area (Å²) in [5.74, 6) is 5.92. The molecule has 0 radical (unpaired) electrons. The molecule has 3 N–H and O–H groups in total. The lowest BCUT2D eigenvalue weighted by Crippen LogP contribution is -2.10. The Labute approximate surface area is 91.3 Å². The van der Waals surface area contributed by atoms with Gasteiger partial charge < -0.3 is 5.43 Å². The Bertz CT molecular complexity index is 665. The van der Waals surface area contributed by atoms with Crippen molar-refractivity contribution in [2.45, 2.75) is 0 Å². The molecule has 0 spiro atoms. The highest BCUT2D eigenvalue weighted by atomic mass is 15.4. The lowest BCUT2D eigenvalue weighted by Gasteiger charge is -2.04. The zero-order chi connectivity index (χ0) is 11.0. The van der Waals surface area contributed by atoms with Gasteiger partial charge in [0.15, 0.2) is 5.82 Å². The van der Waals surface area contributed by atoms with Gasteiger partial charge in [0.1, 0.15) is 0 Å². The lowest BCUT2D eigenvalue weighted by atomic mass is 10.1. The highest BCUT2D eigenvalue weighted by molar-refractivity contribution is 6.00. The number of rotatable bonds is 1. The maximum atomic E-state index is 5.38. The first-order valence-corrected chi connectivity index (χ1v) is 4.87. The van der Waals surface area contributed by atoms with Gasteiger partial charge in [-0.1, -0.05) is 24.3 Å². The fourth-order valence-corrected chi connectivity index (χ4v) is 1.78. The van der Waals surface area contributed by atoms with Crippen LogP contribution in [0.4, 0.5) is 5.82 Å². The molecule has 78 valence electrons. The van der Waals surface area contributed by atoms with Gasteiger partial charge in [-0.3, -0.25) is 0 Å². The van der Waals surface area contributed by atoms with Crippen LogP contribution in [0.5, 0.6) is 0 Å². The summed E-state index contributed by atoms with van der Waals surface area (Å²) in [5.41, 5.74) is 3.30. The highest BCUT2D eigenvalue weighted by Crippen LogP contribution is 2.24. The first kappa shape index (κ1) is 8.99. The summed E-state index contributed by atoms with van der Waals surface area (Å²) < 4.78 is 0. The van der Waals surface area contributed by atoms with Crippen molar-refractivity contribution in [1.29, 1.82) is 0 Å². The SMILES string of the molecule is NNc1nnnc2cc3ccccc3cc12. The Morgan fingerprint density at radius 3 is 2.50 bits per heavy atom. The molecule has 1 aromatic heterocycles. The normalized spacial score (nSPS) is 10.8. The summed E-state index contributed by atoms with van der Waals surface area (Å²) in [7, 11) is 0. The van der Waals surface area contributed by atoms with Crippen molar-refractivity contribution in [3.05, 3.63) is 36.4 Å². The molecule has 0 saturated carbocycles. The van der Waals surface area contributed by atoms with E-state index in [1.165, 1.54) is 0 Å². The van der Waals surface area contributed by atoms with E-state index in [4.69, 9.17) is 5.84 Å². The van der Waals surface area contributed by atoms with E-state index in [-0.39, 0.29) is 0 Å². The zero-order valence-electron chi connectivity index (χ0n) is 8.38. The van der Waals surface area contributed by atoms with E-state index >= 15 is 0 Å². The molecule has 0 aliphatic heterocycles. The standard InChI is InChI=1S/C11H9N5/c12-13-11-9-5-7-3-1-2-4-8(7)6-10(9)14-16-15-11/h1-6H,12H2,(H,13,14,15). The van der Waals surface area contributed by atoms with Gasteiger partial charge in [-0.25, -0.2) is 5.84 Å². The van der Waals surface area contributed by atoms with Gasteiger partial charge in [0.05, 0.1) is 5.52 Å². The van der Waals surface area contributed by atoms with Gasteiger partial charge in [-0.2, -0.15) is 0 Å². The number of nitrogen functional groups attached to an aromatic ring is 1. The number of anilines is 1.